The van der Waals surface area contributed by atoms with Gasteiger partial charge in [0.2, 0.25) is 0 Å². The van der Waals surface area contributed by atoms with Crippen LogP contribution in [0.3, 0.4) is 0 Å². The Hall–Kier alpha value is -3.02. The van der Waals surface area contributed by atoms with Crippen LogP contribution in [0.25, 0.3) is 5.69 Å². The smallest absolute Gasteiger partial charge is 0.257 e. The van der Waals surface area contributed by atoms with E-state index >= 15 is 0 Å². The Morgan fingerprint density at radius 2 is 1.75 bits per heavy atom. The number of benzene rings is 2. The molecule has 0 fully saturated rings. The predicted octanol–water partition coefficient (Wildman–Crippen LogP) is 3.21. The molecule has 6 nitrogen and oxygen atoms in total. The van der Waals surface area contributed by atoms with E-state index in [1.807, 2.05) is 36.4 Å². The Balaban J connectivity index is 1.84. The van der Waals surface area contributed by atoms with Crippen molar-refractivity contribution in [3.8, 4) is 5.69 Å². The van der Waals surface area contributed by atoms with E-state index in [1.165, 1.54) is 16.6 Å². The number of anilines is 1. The molecule has 0 aliphatic heterocycles. The van der Waals surface area contributed by atoms with Crippen LogP contribution in [0.2, 0.25) is 0 Å². The van der Waals surface area contributed by atoms with E-state index in [4.69, 9.17) is 0 Å². The zero-order chi connectivity index (χ0) is 17.2. The summed E-state index contributed by atoms with van der Waals surface area (Å²) in [6, 6.07) is 15.1. The summed E-state index contributed by atoms with van der Waals surface area (Å²) in [5.74, 6) is -0.204. The summed E-state index contributed by atoms with van der Waals surface area (Å²) in [5, 5.41) is 14.0. The third kappa shape index (κ3) is 3.32. The van der Waals surface area contributed by atoms with Crippen LogP contribution in [0.4, 0.5) is 5.69 Å². The van der Waals surface area contributed by atoms with Gasteiger partial charge in [-0.25, -0.2) is 0 Å². The van der Waals surface area contributed by atoms with Gasteiger partial charge in [-0.15, -0.1) is 5.10 Å². The van der Waals surface area contributed by atoms with Gasteiger partial charge >= 0.3 is 0 Å². The molecule has 1 aromatic heterocycles. The third-order valence-electron chi connectivity index (χ3n) is 3.75. The van der Waals surface area contributed by atoms with E-state index < -0.39 is 0 Å². The lowest BCUT2D eigenvalue weighted by Crippen LogP contribution is -2.16. The van der Waals surface area contributed by atoms with E-state index in [0.29, 0.717) is 11.3 Å². The lowest BCUT2D eigenvalue weighted by molar-refractivity contribution is 0.102. The second-order valence-corrected chi connectivity index (χ2v) is 6.55. The second-order valence-electron chi connectivity index (χ2n) is 6.55. The van der Waals surface area contributed by atoms with Crippen LogP contribution in [0.1, 0.15) is 36.7 Å². The van der Waals surface area contributed by atoms with Crippen molar-refractivity contribution in [3.63, 3.8) is 0 Å². The van der Waals surface area contributed by atoms with Gasteiger partial charge in [-0.1, -0.05) is 45.0 Å². The van der Waals surface area contributed by atoms with Gasteiger partial charge in [-0.3, -0.25) is 4.79 Å². The Kier molecular flexibility index (Phi) is 4.12. The van der Waals surface area contributed by atoms with Crippen LogP contribution < -0.4 is 5.32 Å². The Bertz CT molecular complexity index is 833. The van der Waals surface area contributed by atoms with Crippen LogP contribution >= 0.6 is 0 Å². The highest BCUT2D eigenvalue weighted by molar-refractivity contribution is 6.06. The molecule has 3 aromatic rings. The average molecular weight is 321 g/mol. The minimum absolute atomic E-state index is 0.0786. The summed E-state index contributed by atoms with van der Waals surface area (Å²) in [6.45, 7) is 6.47. The molecule has 0 saturated heterocycles. The maximum absolute atomic E-state index is 12.6. The monoisotopic (exact) mass is 321 g/mol. The highest BCUT2D eigenvalue weighted by Gasteiger charge is 2.15. The zero-order valence-electron chi connectivity index (χ0n) is 13.9. The fourth-order valence-corrected chi connectivity index (χ4v) is 2.39. The molecule has 0 bridgehead atoms. The highest BCUT2D eigenvalue weighted by atomic mass is 16.1. The molecule has 0 atom stereocenters. The number of tetrazole rings is 1. The van der Waals surface area contributed by atoms with Gasteiger partial charge in [0.15, 0.2) is 0 Å². The van der Waals surface area contributed by atoms with Gasteiger partial charge in [0.05, 0.1) is 11.3 Å². The number of aromatic nitrogens is 4. The van der Waals surface area contributed by atoms with Crippen molar-refractivity contribution in [1.82, 2.24) is 20.2 Å². The first-order valence-electron chi connectivity index (χ1n) is 7.69. The Morgan fingerprint density at radius 3 is 2.38 bits per heavy atom. The Labute approximate surface area is 140 Å². The minimum Gasteiger partial charge on any atom is -0.322 e. The number of carbonyl (C=O) groups excluding carboxylic acids is 1. The van der Waals surface area contributed by atoms with Gasteiger partial charge in [-0.2, -0.15) is 4.68 Å². The summed E-state index contributed by atoms with van der Waals surface area (Å²) in [7, 11) is 0. The van der Waals surface area contributed by atoms with Crippen molar-refractivity contribution in [2.45, 2.75) is 26.2 Å². The summed E-state index contributed by atoms with van der Waals surface area (Å²) in [4.78, 5) is 12.6. The molecule has 0 spiro atoms. The zero-order valence-corrected chi connectivity index (χ0v) is 13.9. The number of hydrogen-bond donors (Lipinski definition) is 1. The molecule has 3 rings (SSSR count). The molecule has 0 aliphatic carbocycles. The number of nitrogens with zero attached hydrogens (tertiary/aromatic N) is 4. The number of nitrogens with one attached hydrogen (secondary N) is 1. The molecular formula is C18H19N5O. The van der Waals surface area contributed by atoms with Gasteiger partial charge in [0.1, 0.15) is 6.33 Å². The molecule has 0 saturated carbocycles. The molecule has 122 valence electrons. The summed E-state index contributed by atoms with van der Waals surface area (Å²) in [5.41, 5.74) is 3.18. The van der Waals surface area contributed by atoms with E-state index in [0.717, 1.165) is 5.69 Å². The molecule has 0 aliphatic rings. The van der Waals surface area contributed by atoms with E-state index in [1.54, 1.807) is 12.1 Å². The second kappa shape index (κ2) is 6.23. The maximum atomic E-state index is 12.6. The van der Waals surface area contributed by atoms with Crippen LogP contribution in [0.5, 0.6) is 0 Å². The quantitative estimate of drug-likeness (QED) is 0.804. The average Bonchev–Trinajstić information content (AvgIpc) is 3.09. The number of hydrogen-bond acceptors (Lipinski definition) is 4. The molecule has 1 amide bonds. The number of para-hydroxylation sites is 1. The summed E-state index contributed by atoms with van der Waals surface area (Å²) in [6.07, 6.45) is 1.46. The number of amides is 1. The lowest BCUT2D eigenvalue weighted by atomic mass is 9.87. The van der Waals surface area contributed by atoms with Crippen LogP contribution in [-0.2, 0) is 5.41 Å². The van der Waals surface area contributed by atoms with Crippen molar-refractivity contribution in [2.75, 3.05) is 5.32 Å². The molecule has 1 N–H and O–H groups in total. The first-order valence-corrected chi connectivity index (χ1v) is 7.69. The van der Waals surface area contributed by atoms with Gasteiger partial charge in [0.25, 0.3) is 5.91 Å². The van der Waals surface area contributed by atoms with E-state index in [9.17, 15) is 4.79 Å². The van der Waals surface area contributed by atoms with E-state index in [-0.39, 0.29) is 11.3 Å². The molecule has 2 aromatic carbocycles. The van der Waals surface area contributed by atoms with Crippen LogP contribution in [0, 0.1) is 0 Å². The number of rotatable bonds is 3. The largest absolute Gasteiger partial charge is 0.322 e. The molecule has 6 heteroatoms. The van der Waals surface area contributed by atoms with Crippen molar-refractivity contribution >= 4 is 11.6 Å². The van der Waals surface area contributed by atoms with Crippen LogP contribution in [0.15, 0.2) is 54.9 Å². The van der Waals surface area contributed by atoms with Crippen LogP contribution in [-0.4, -0.2) is 26.1 Å². The molecule has 0 unspecified atom stereocenters. The lowest BCUT2D eigenvalue weighted by Gasteiger charge is -2.19. The molecular weight excluding hydrogens is 302 g/mol. The topological polar surface area (TPSA) is 72.7 Å². The first-order chi connectivity index (χ1) is 11.4. The van der Waals surface area contributed by atoms with Gasteiger partial charge < -0.3 is 5.32 Å². The van der Waals surface area contributed by atoms with E-state index in [2.05, 4.69) is 41.6 Å². The first kappa shape index (κ1) is 15.9. The van der Waals surface area contributed by atoms with Gasteiger partial charge in [-0.05, 0) is 45.7 Å². The molecule has 0 radical (unpaired) electrons. The van der Waals surface area contributed by atoms with Crippen molar-refractivity contribution in [2.24, 2.45) is 0 Å². The summed E-state index contributed by atoms with van der Waals surface area (Å²) < 4.78 is 1.47. The van der Waals surface area contributed by atoms with Gasteiger partial charge in [0, 0.05) is 5.69 Å². The molecule has 1 heterocycles. The summed E-state index contributed by atoms with van der Waals surface area (Å²) >= 11 is 0. The fourth-order valence-electron chi connectivity index (χ4n) is 2.39. The Morgan fingerprint density at radius 1 is 1.04 bits per heavy atom. The standard InChI is InChI=1S/C18H19N5O/c1-18(2,3)13-8-10-14(11-9-13)20-17(24)15-6-4-5-7-16(15)23-12-19-21-22-23/h4-12H,1-3H3,(H,20,24). The SMILES string of the molecule is CC(C)(C)c1ccc(NC(=O)c2ccccc2-n2cnnn2)cc1. The van der Waals surface area contributed by atoms with Crippen molar-refractivity contribution in [1.29, 1.82) is 0 Å². The fraction of sp³-hybridized carbons (Fsp3) is 0.222. The highest BCUT2D eigenvalue weighted by Crippen LogP contribution is 2.24. The van der Waals surface area contributed by atoms with Crippen molar-refractivity contribution < 1.29 is 4.79 Å². The normalized spacial score (nSPS) is 11.3. The predicted molar refractivity (Wildman–Crippen MR) is 92.2 cm³/mol. The third-order valence-corrected chi connectivity index (χ3v) is 3.75. The number of carbonyl (C=O) groups is 1. The molecule has 24 heavy (non-hydrogen) atoms. The minimum atomic E-state index is -0.204. The maximum Gasteiger partial charge on any atom is 0.257 e. The van der Waals surface area contributed by atoms with Crippen molar-refractivity contribution in [3.05, 3.63) is 66.0 Å².